The van der Waals surface area contributed by atoms with E-state index in [9.17, 15) is 36.5 Å². The average Bonchev–Trinajstić information content (AvgIpc) is 2.62. The van der Waals surface area contributed by atoms with Crippen LogP contribution in [0.1, 0.15) is 12.5 Å². The van der Waals surface area contributed by atoms with Crippen LogP contribution >= 0.6 is 0 Å². The number of alkyl halides is 3. The summed E-state index contributed by atoms with van der Waals surface area (Å²) >= 11 is 0. The molecular weight excluding hydrogens is 443 g/mol. The number of nitrogens with zero attached hydrogens (tertiary/aromatic N) is 2. The third-order valence-electron chi connectivity index (χ3n) is 4.08. The number of nitro groups is 1. The van der Waals surface area contributed by atoms with Gasteiger partial charge in [-0.3, -0.25) is 19.2 Å². The summed E-state index contributed by atoms with van der Waals surface area (Å²) in [6, 6.07) is 6.53. The maximum absolute atomic E-state index is 12.7. The standard InChI is InChI=1S/C18H18F3N3O6S/c1-11-4-7-14(24(26)27)10-16(11)23(31(3,28)29)12(2)17(25)22-13-5-8-15(9-6-13)30-18(19,20)21/h4-10,12H,1-3H3,(H,22,25)/t12-/m1/s1. The molecule has 0 aliphatic carbocycles. The molecule has 168 valence electrons. The number of benzene rings is 2. The number of non-ortho nitro benzene ring substituents is 1. The minimum absolute atomic E-state index is 0.0479. The Morgan fingerprint density at radius 1 is 1.19 bits per heavy atom. The van der Waals surface area contributed by atoms with E-state index in [2.05, 4.69) is 10.1 Å². The maximum atomic E-state index is 12.7. The first-order valence-electron chi connectivity index (χ1n) is 8.60. The fourth-order valence-electron chi connectivity index (χ4n) is 2.72. The number of nitro benzene ring substituents is 1. The van der Waals surface area contributed by atoms with Gasteiger partial charge < -0.3 is 10.1 Å². The molecule has 1 N–H and O–H groups in total. The van der Waals surface area contributed by atoms with Crippen LogP contribution in [0.25, 0.3) is 0 Å². The van der Waals surface area contributed by atoms with Gasteiger partial charge in [0.25, 0.3) is 5.69 Å². The van der Waals surface area contributed by atoms with Crippen molar-refractivity contribution >= 4 is 33.0 Å². The molecule has 9 nitrogen and oxygen atoms in total. The highest BCUT2D eigenvalue weighted by atomic mass is 32.2. The normalized spacial score (nSPS) is 12.7. The largest absolute Gasteiger partial charge is 0.573 e. The number of carbonyl (C=O) groups is 1. The van der Waals surface area contributed by atoms with Crippen molar-refractivity contribution in [1.82, 2.24) is 0 Å². The lowest BCUT2D eigenvalue weighted by atomic mass is 10.1. The lowest BCUT2D eigenvalue weighted by Gasteiger charge is -2.29. The molecule has 0 bridgehead atoms. The van der Waals surface area contributed by atoms with Crippen molar-refractivity contribution in [2.45, 2.75) is 26.3 Å². The molecule has 0 unspecified atom stereocenters. The van der Waals surface area contributed by atoms with Crippen molar-refractivity contribution in [3.05, 3.63) is 58.1 Å². The van der Waals surface area contributed by atoms with Crippen molar-refractivity contribution < 1.29 is 36.0 Å². The zero-order chi connectivity index (χ0) is 23.6. The number of aryl methyl sites for hydroxylation is 1. The van der Waals surface area contributed by atoms with Gasteiger partial charge in [-0.1, -0.05) is 6.07 Å². The zero-order valence-corrected chi connectivity index (χ0v) is 17.3. The summed E-state index contributed by atoms with van der Waals surface area (Å²) in [5.74, 6) is -1.30. The molecule has 0 heterocycles. The third kappa shape index (κ3) is 6.31. The molecule has 0 saturated carbocycles. The first kappa shape index (κ1) is 23.9. The van der Waals surface area contributed by atoms with E-state index in [1.807, 2.05) is 0 Å². The van der Waals surface area contributed by atoms with E-state index in [1.54, 1.807) is 0 Å². The minimum Gasteiger partial charge on any atom is -0.406 e. The van der Waals surface area contributed by atoms with Gasteiger partial charge in [0.15, 0.2) is 0 Å². The smallest absolute Gasteiger partial charge is 0.406 e. The molecule has 2 aromatic rings. The van der Waals surface area contributed by atoms with E-state index in [0.29, 0.717) is 5.56 Å². The van der Waals surface area contributed by atoms with E-state index < -0.39 is 39.0 Å². The molecule has 0 spiro atoms. The quantitative estimate of drug-likeness (QED) is 0.497. The van der Waals surface area contributed by atoms with Gasteiger partial charge in [-0.2, -0.15) is 0 Å². The first-order valence-corrected chi connectivity index (χ1v) is 10.4. The molecule has 1 amide bonds. The Morgan fingerprint density at radius 2 is 1.77 bits per heavy atom. The van der Waals surface area contributed by atoms with E-state index >= 15 is 0 Å². The monoisotopic (exact) mass is 461 g/mol. The van der Waals surface area contributed by atoms with Crippen molar-refractivity contribution in [1.29, 1.82) is 0 Å². The lowest BCUT2D eigenvalue weighted by Crippen LogP contribution is -2.45. The molecular formula is C18H18F3N3O6S. The lowest BCUT2D eigenvalue weighted by molar-refractivity contribution is -0.384. The van der Waals surface area contributed by atoms with E-state index in [4.69, 9.17) is 0 Å². The number of hydrogen-bond donors (Lipinski definition) is 1. The Balaban J connectivity index is 2.31. The molecule has 2 aromatic carbocycles. The summed E-state index contributed by atoms with van der Waals surface area (Å²) < 4.78 is 66.0. The van der Waals surface area contributed by atoms with Gasteiger partial charge >= 0.3 is 6.36 Å². The second kappa shape index (κ2) is 8.79. The highest BCUT2D eigenvalue weighted by Crippen LogP contribution is 2.30. The van der Waals surface area contributed by atoms with Crippen molar-refractivity contribution in [2.24, 2.45) is 0 Å². The van der Waals surface area contributed by atoms with Gasteiger partial charge in [0.05, 0.1) is 16.9 Å². The first-order chi connectivity index (χ1) is 14.2. The average molecular weight is 461 g/mol. The molecule has 13 heteroatoms. The highest BCUT2D eigenvalue weighted by Gasteiger charge is 2.32. The highest BCUT2D eigenvalue weighted by molar-refractivity contribution is 7.92. The van der Waals surface area contributed by atoms with Crippen LogP contribution in [-0.4, -0.2) is 37.9 Å². The Morgan fingerprint density at radius 3 is 2.26 bits per heavy atom. The van der Waals surface area contributed by atoms with E-state index in [-0.39, 0.29) is 17.1 Å². The van der Waals surface area contributed by atoms with Crippen LogP contribution in [0.5, 0.6) is 5.75 Å². The molecule has 0 saturated heterocycles. The van der Waals surface area contributed by atoms with Gasteiger partial charge in [0.2, 0.25) is 15.9 Å². The summed E-state index contributed by atoms with van der Waals surface area (Å²) in [6.45, 7) is 2.80. The number of sulfonamides is 1. The molecule has 0 aromatic heterocycles. The zero-order valence-electron chi connectivity index (χ0n) is 16.5. The number of amides is 1. The molecule has 2 rings (SSSR count). The van der Waals surface area contributed by atoms with Gasteiger partial charge in [0, 0.05) is 17.8 Å². The van der Waals surface area contributed by atoms with Crippen LogP contribution in [0.2, 0.25) is 0 Å². The predicted molar refractivity (Wildman–Crippen MR) is 106 cm³/mol. The topological polar surface area (TPSA) is 119 Å². The molecule has 1 atom stereocenters. The number of rotatable bonds is 7. The molecule has 0 fully saturated rings. The Hall–Kier alpha value is -3.35. The number of hydrogen-bond acceptors (Lipinski definition) is 6. The summed E-state index contributed by atoms with van der Waals surface area (Å²) in [6.07, 6.45) is -4.02. The predicted octanol–water partition coefficient (Wildman–Crippen LogP) is 3.60. The summed E-state index contributed by atoms with van der Waals surface area (Å²) in [5.41, 5.74) is 0.0651. The Bertz CT molecular complexity index is 1090. The second-order valence-corrected chi connectivity index (χ2v) is 8.38. The number of halogens is 3. The molecule has 31 heavy (non-hydrogen) atoms. The maximum Gasteiger partial charge on any atom is 0.573 e. The third-order valence-corrected chi connectivity index (χ3v) is 5.31. The number of anilines is 2. The van der Waals surface area contributed by atoms with Crippen molar-refractivity contribution in [3.63, 3.8) is 0 Å². The van der Waals surface area contributed by atoms with Crippen molar-refractivity contribution in [2.75, 3.05) is 15.9 Å². The van der Waals surface area contributed by atoms with E-state index in [1.165, 1.54) is 26.0 Å². The summed E-state index contributed by atoms with van der Waals surface area (Å²) in [5, 5.41) is 13.5. The van der Waals surface area contributed by atoms with Gasteiger partial charge in [-0.05, 0) is 43.7 Å². The van der Waals surface area contributed by atoms with Gasteiger partial charge in [-0.25, -0.2) is 8.42 Å². The Kier molecular flexibility index (Phi) is 6.79. The molecule has 0 aliphatic rings. The van der Waals surface area contributed by atoms with Gasteiger partial charge in [0.1, 0.15) is 11.8 Å². The van der Waals surface area contributed by atoms with Crippen LogP contribution < -0.4 is 14.4 Å². The number of ether oxygens (including phenoxy) is 1. The number of nitrogens with one attached hydrogen (secondary N) is 1. The fourth-order valence-corrected chi connectivity index (χ4v) is 3.94. The second-order valence-electron chi connectivity index (χ2n) is 6.52. The van der Waals surface area contributed by atoms with Crippen LogP contribution in [0.15, 0.2) is 42.5 Å². The Labute approximate surface area is 175 Å². The van der Waals surface area contributed by atoms with Gasteiger partial charge in [-0.15, -0.1) is 13.2 Å². The SMILES string of the molecule is Cc1ccc([N+](=O)[O-])cc1N([C@H](C)C(=O)Nc1ccc(OC(F)(F)F)cc1)S(C)(=O)=O. The van der Waals surface area contributed by atoms with Crippen molar-refractivity contribution in [3.8, 4) is 5.75 Å². The number of carbonyl (C=O) groups excluding carboxylic acids is 1. The molecule has 0 radical (unpaired) electrons. The molecule has 0 aliphatic heterocycles. The fraction of sp³-hybridized carbons (Fsp3) is 0.278. The van der Waals surface area contributed by atoms with Crippen LogP contribution in [-0.2, 0) is 14.8 Å². The summed E-state index contributed by atoms with van der Waals surface area (Å²) in [7, 11) is -4.04. The van der Waals surface area contributed by atoms with Crippen LogP contribution in [0.3, 0.4) is 0 Å². The van der Waals surface area contributed by atoms with Crippen LogP contribution in [0, 0.1) is 17.0 Å². The summed E-state index contributed by atoms with van der Waals surface area (Å²) in [4.78, 5) is 23.0. The van der Waals surface area contributed by atoms with Crippen LogP contribution in [0.4, 0.5) is 30.2 Å². The van der Waals surface area contributed by atoms with E-state index in [0.717, 1.165) is 40.9 Å². The minimum atomic E-state index is -4.87.